The lowest BCUT2D eigenvalue weighted by Crippen LogP contribution is -2.31. The summed E-state index contributed by atoms with van der Waals surface area (Å²) in [5.41, 5.74) is 6.74. The highest BCUT2D eigenvalue weighted by molar-refractivity contribution is 5.96. The summed E-state index contributed by atoms with van der Waals surface area (Å²) >= 11 is 0. The molecule has 1 aromatic carbocycles. The van der Waals surface area contributed by atoms with E-state index in [1.54, 1.807) is 0 Å². The fourth-order valence-electron chi connectivity index (χ4n) is 2.31. The number of rotatable bonds is 6. The summed E-state index contributed by atoms with van der Waals surface area (Å²) in [4.78, 5) is 7.77. The van der Waals surface area contributed by atoms with Crippen molar-refractivity contribution in [2.24, 2.45) is 10.9 Å². The third-order valence-electron chi connectivity index (χ3n) is 3.39. The van der Waals surface area contributed by atoms with Gasteiger partial charge in [-0.2, -0.15) is 0 Å². The summed E-state index contributed by atoms with van der Waals surface area (Å²) in [6.45, 7) is 4.19. The molecule has 104 valence electrons. The van der Waals surface area contributed by atoms with E-state index in [2.05, 4.69) is 10.1 Å². The lowest BCUT2D eigenvalue weighted by Gasteiger charge is -2.25. The Hall–Kier alpha value is -1.55. The number of piperidine rings is 1. The van der Waals surface area contributed by atoms with Crippen LogP contribution in [0.1, 0.15) is 31.2 Å². The first-order valence-corrected chi connectivity index (χ1v) is 7.09. The summed E-state index contributed by atoms with van der Waals surface area (Å²) in [5.74, 6) is 0.443. The minimum atomic E-state index is 0.443. The molecule has 4 heteroatoms. The van der Waals surface area contributed by atoms with Crippen LogP contribution < -0.4 is 5.73 Å². The van der Waals surface area contributed by atoms with E-state index in [0.29, 0.717) is 12.4 Å². The predicted octanol–water partition coefficient (Wildman–Crippen LogP) is 2.20. The molecule has 2 rings (SSSR count). The van der Waals surface area contributed by atoms with E-state index < -0.39 is 0 Å². The van der Waals surface area contributed by atoms with Gasteiger partial charge in [0.25, 0.3) is 0 Å². The monoisotopic (exact) mass is 261 g/mol. The number of amidine groups is 1. The Morgan fingerprint density at radius 2 is 1.89 bits per heavy atom. The summed E-state index contributed by atoms with van der Waals surface area (Å²) in [6, 6.07) is 9.68. The Labute approximate surface area is 115 Å². The van der Waals surface area contributed by atoms with Crippen LogP contribution in [0.2, 0.25) is 0 Å². The molecule has 0 radical (unpaired) electrons. The second kappa shape index (κ2) is 7.79. The first-order chi connectivity index (χ1) is 9.36. The molecule has 0 aliphatic carbocycles. The number of hydrogen-bond donors (Lipinski definition) is 1. The van der Waals surface area contributed by atoms with Gasteiger partial charge in [0.15, 0.2) is 5.84 Å². The van der Waals surface area contributed by atoms with Gasteiger partial charge in [0.1, 0.15) is 6.61 Å². The van der Waals surface area contributed by atoms with E-state index >= 15 is 0 Å². The lowest BCUT2D eigenvalue weighted by atomic mass is 10.1. The van der Waals surface area contributed by atoms with Crippen molar-refractivity contribution in [3.63, 3.8) is 0 Å². The highest BCUT2D eigenvalue weighted by atomic mass is 16.6. The van der Waals surface area contributed by atoms with E-state index in [1.165, 1.54) is 32.4 Å². The maximum absolute atomic E-state index is 5.83. The minimum absolute atomic E-state index is 0.443. The van der Waals surface area contributed by atoms with Crippen LogP contribution in [0.3, 0.4) is 0 Å². The highest BCUT2D eigenvalue weighted by Gasteiger charge is 2.08. The third-order valence-corrected chi connectivity index (χ3v) is 3.39. The highest BCUT2D eigenvalue weighted by Crippen LogP contribution is 2.08. The van der Waals surface area contributed by atoms with Gasteiger partial charge in [0.2, 0.25) is 0 Å². The van der Waals surface area contributed by atoms with Gasteiger partial charge < -0.3 is 15.5 Å². The van der Waals surface area contributed by atoms with E-state index in [-0.39, 0.29) is 0 Å². The molecule has 4 nitrogen and oxygen atoms in total. The van der Waals surface area contributed by atoms with Crippen molar-refractivity contribution in [3.05, 3.63) is 35.9 Å². The second-order valence-corrected chi connectivity index (χ2v) is 4.93. The average Bonchev–Trinajstić information content (AvgIpc) is 2.49. The predicted molar refractivity (Wildman–Crippen MR) is 78.0 cm³/mol. The molecular weight excluding hydrogens is 238 g/mol. The molecule has 0 bridgehead atoms. The van der Waals surface area contributed by atoms with Crippen LogP contribution in [0.25, 0.3) is 0 Å². The van der Waals surface area contributed by atoms with Crippen LogP contribution in [0.5, 0.6) is 0 Å². The van der Waals surface area contributed by atoms with Gasteiger partial charge in [0.05, 0.1) is 0 Å². The van der Waals surface area contributed by atoms with Gasteiger partial charge in [-0.25, -0.2) is 0 Å². The number of oxime groups is 1. The van der Waals surface area contributed by atoms with E-state index in [0.717, 1.165) is 18.5 Å². The molecule has 0 saturated carbocycles. The number of nitrogens with two attached hydrogens (primary N) is 1. The van der Waals surface area contributed by atoms with Crippen LogP contribution in [0, 0.1) is 0 Å². The van der Waals surface area contributed by atoms with Crippen LogP contribution in [-0.4, -0.2) is 37.0 Å². The Balaban J connectivity index is 1.63. The number of nitrogens with zero attached hydrogens (tertiary/aromatic N) is 2. The van der Waals surface area contributed by atoms with Crippen molar-refractivity contribution >= 4 is 5.84 Å². The molecular formula is C15H23N3O. The first-order valence-electron chi connectivity index (χ1n) is 7.09. The van der Waals surface area contributed by atoms with E-state index in [1.807, 2.05) is 30.3 Å². The molecule has 2 N–H and O–H groups in total. The van der Waals surface area contributed by atoms with Crippen molar-refractivity contribution in [1.82, 2.24) is 4.90 Å². The van der Waals surface area contributed by atoms with Crippen molar-refractivity contribution < 1.29 is 4.84 Å². The van der Waals surface area contributed by atoms with Gasteiger partial charge in [-0.1, -0.05) is 41.9 Å². The maximum Gasteiger partial charge on any atom is 0.170 e. The normalized spacial score (nSPS) is 17.4. The van der Waals surface area contributed by atoms with Gasteiger partial charge in [0, 0.05) is 12.1 Å². The molecule has 0 amide bonds. The van der Waals surface area contributed by atoms with Crippen molar-refractivity contribution in [2.45, 2.75) is 25.7 Å². The van der Waals surface area contributed by atoms with Crippen molar-refractivity contribution in [1.29, 1.82) is 0 Å². The zero-order valence-electron chi connectivity index (χ0n) is 11.4. The molecule has 1 aliphatic rings. The minimum Gasteiger partial charge on any atom is -0.394 e. The SMILES string of the molecule is N/C(=N/OCCCN1CCCCC1)c1ccccc1. The Kier molecular flexibility index (Phi) is 5.69. The Bertz CT molecular complexity index is 386. The largest absolute Gasteiger partial charge is 0.394 e. The number of benzene rings is 1. The molecule has 1 aromatic rings. The summed E-state index contributed by atoms with van der Waals surface area (Å²) in [6.07, 6.45) is 5.05. The maximum atomic E-state index is 5.83. The second-order valence-electron chi connectivity index (χ2n) is 4.93. The average molecular weight is 261 g/mol. The van der Waals surface area contributed by atoms with Crippen LogP contribution >= 0.6 is 0 Å². The molecule has 1 heterocycles. The summed E-state index contributed by atoms with van der Waals surface area (Å²) in [5, 5.41) is 3.95. The molecule has 1 saturated heterocycles. The van der Waals surface area contributed by atoms with E-state index in [9.17, 15) is 0 Å². The number of hydrogen-bond acceptors (Lipinski definition) is 3. The van der Waals surface area contributed by atoms with Crippen LogP contribution in [-0.2, 0) is 4.84 Å². The summed E-state index contributed by atoms with van der Waals surface area (Å²) in [7, 11) is 0. The lowest BCUT2D eigenvalue weighted by molar-refractivity contribution is 0.124. The van der Waals surface area contributed by atoms with Gasteiger partial charge in [-0.05, 0) is 32.4 Å². The molecule has 0 unspecified atom stereocenters. The molecule has 0 spiro atoms. The third kappa shape index (κ3) is 4.91. The van der Waals surface area contributed by atoms with Crippen LogP contribution in [0.15, 0.2) is 35.5 Å². The zero-order valence-corrected chi connectivity index (χ0v) is 11.4. The topological polar surface area (TPSA) is 50.9 Å². The molecule has 0 atom stereocenters. The standard InChI is InChI=1S/C15H23N3O/c16-15(14-8-3-1-4-9-14)17-19-13-7-12-18-10-5-2-6-11-18/h1,3-4,8-9H,2,5-7,10-13H2,(H2,16,17). The van der Waals surface area contributed by atoms with Gasteiger partial charge in [-0.3, -0.25) is 0 Å². The van der Waals surface area contributed by atoms with E-state index in [4.69, 9.17) is 10.6 Å². The summed E-state index contributed by atoms with van der Waals surface area (Å²) < 4.78 is 0. The number of likely N-dealkylation sites (tertiary alicyclic amines) is 1. The Morgan fingerprint density at radius 3 is 2.63 bits per heavy atom. The van der Waals surface area contributed by atoms with Crippen molar-refractivity contribution in [3.8, 4) is 0 Å². The van der Waals surface area contributed by atoms with Crippen molar-refractivity contribution in [2.75, 3.05) is 26.2 Å². The fourth-order valence-corrected chi connectivity index (χ4v) is 2.31. The fraction of sp³-hybridized carbons (Fsp3) is 0.533. The quantitative estimate of drug-likeness (QED) is 0.370. The molecule has 1 fully saturated rings. The molecule has 0 aromatic heterocycles. The van der Waals surface area contributed by atoms with Crippen LogP contribution in [0.4, 0.5) is 0 Å². The smallest absolute Gasteiger partial charge is 0.170 e. The first kappa shape index (κ1) is 13.9. The zero-order chi connectivity index (χ0) is 13.3. The van der Waals surface area contributed by atoms with Gasteiger partial charge >= 0.3 is 0 Å². The van der Waals surface area contributed by atoms with Gasteiger partial charge in [-0.15, -0.1) is 0 Å². The molecule has 1 aliphatic heterocycles. The molecule has 19 heavy (non-hydrogen) atoms. The Morgan fingerprint density at radius 1 is 1.16 bits per heavy atom.